The summed E-state index contributed by atoms with van der Waals surface area (Å²) in [6, 6.07) is 5.89. The van der Waals surface area contributed by atoms with Gasteiger partial charge in [0.1, 0.15) is 5.75 Å². The van der Waals surface area contributed by atoms with E-state index < -0.39 is 5.97 Å². The fraction of sp³-hybridized carbons (Fsp3) is 0.444. The molecule has 0 radical (unpaired) electrons. The van der Waals surface area contributed by atoms with E-state index in [9.17, 15) is 9.90 Å². The van der Waals surface area contributed by atoms with Crippen molar-refractivity contribution in [3.05, 3.63) is 28.6 Å². The smallest absolute Gasteiger partial charge is 0.308 e. The molecule has 1 aromatic heterocycles. The minimum absolute atomic E-state index is 0.0134. The van der Waals surface area contributed by atoms with E-state index in [4.69, 9.17) is 9.72 Å². The molecule has 6 heteroatoms. The standard InChI is InChI=1S/C18H24N2O3S/c1-5-20(6-2)18-19-17(15(24-18)11-16(21)22)13-8-9-14(23-7-3)12(4)10-13/h8-10H,5-7,11H2,1-4H3,(H,21,22). The molecule has 5 nitrogen and oxygen atoms in total. The average Bonchev–Trinajstić information content (AvgIpc) is 2.93. The fourth-order valence-corrected chi connectivity index (χ4v) is 3.77. The van der Waals surface area contributed by atoms with Crippen molar-refractivity contribution in [3.63, 3.8) is 0 Å². The first-order valence-corrected chi connectivity index (χ1v) is 9.02. The summed E-state index contributed by atoms with van der Waals surface area (Å²) in [7, 11) is 0. The third kappa shape index (κ3) is 4.06. The van der Waals surface area contributed by atoms with Crippen molar-refractivity contribution < 1.29 is 14.6 Å². The lowest BCUT2D eigenvalue weighted by atomic mass is 10.1. The van der Waals surface area contributed by atoms with Crippen LogP contribution in [0.4, 0.5) is 5.13 Å². The van der Waals surface area contributed by atoms with Crippen molar-refractivity contribution in [3.8, 4) is 17.0 Å². The van der Waals surface area contributed by atoms with Gasteiger partial charge in [-0.25, -0.2) is 4.98 Å². The Kier molecular flexibility index (Phi) is 6.20. The first-order chi connectivity index (χ1) is 11.5. The Balaban J connectivity index is 2.47. The Bertz CT molecular complexity index is 708. The predicted octanol–water partition coefficient (Wildman–Crippen LogP) is 3.99. The van der Waals surface area contributed by atoms with Gasteiger partial charge in [0.2, 0.25) is 0 Å². The summed E-state index contributed by atoms with van der Waals surface area (Å²) in [4.78, 5) is 18.9. The highest BCUT2D eigenvalue weighted by Crippen LogP contribution is 2.35. The number of thiazole rings is 1. The normalized spacial score (nSPS) is 10.7. The molecule has 0 spiro atoms. The molecule has 130 valence electrons. The van der Waals surface area contributed by atoms with Gasteiger partial charge in [0.25, 0.3) is 0 Å². The highest BCUT2D eigenvalue weighted by atomic mass is 32.1. The highest BCUT2D eigenvalue weighted by molar-refractivity contribution is 7.16. The largest absolute Gasteiger partial charge is 0.494 e. The minimum atomic E-state index is -0.839. The minimum Gasteiger partial charge on any atom is -0.494 e. The molecule has 0 bridgehead atoms. The molecule has 0 amide bonds. The molecule has 1 aromatic carbocycles. The first-order valence-electron chi connectivity index (χ1n) is 8.20. The summed E-state index contributed by atoms with van der Waals surface area (Å²) < 4.78 is 5.58. The maximum absolute atomic E-state index is 11.2. The fourth-order valence-electron chi connectivity index (χ4n) is 2.57. The van der Waals surface area contributed by atoms with Crippen LogP contribution in [0.3, 0.4) is 0 Å². The number of benzene rings is 1. The van der Waals surface area contributed by atoms with E-state index in [1.807, 2.05) is 32.0 Å². The summed E-state index contributed by atoms with van der Waals surface area (Å²) in [5, 5.41) is 10.1. The van der Waals surface area contributed by atoms with E-state index >= 15 is 0 Å². The molecule has 1 N–H and O–H groups in total. The van der Waals surface area contributed by atoms with Crippen molar-refractivity contribution in [2.24, 2.45) is 0 Å². The SMILES string of the molecule is CCOc1ccc(-c2nc(N(CC)CC)sc2CC(=O)O)cc1C. The molecular formula is C18H24N2O3S. The third-order valence-electron chi connectivity index (χ3n) is 3.78. The molecular weight excluding hydrogens is 324 g/mol. The number of carbonyl (C=O) groups is 1. The van der Waals surface area contributed by atoms with Gasteiger partial charge >= 0.3 is 5.97 Å². The Morgan fingerprint density at radius 3 is 2.54 bits per heavy atom. The first kappa shape index (κ1) is 18.3. The highest BCUT2D eigenvalue weighted by Gasteiger charge is 2.18. The van der Waals surface area contributed by atoms with Crippen LogP contribution in [0.1, 0.15) is 31.2 Å². The number of carboxylic acids is 1. The molecule has 2 aromatic rings. The average molecular weight is 348 g/mol. The quantitative estimate of drug-likeness (QED) is 0.781. The van der Waals surface area contributed by atoms with Gasteiger partial charge in [-0.3, -0.25) is 4.79 Å². The van der Waals surface area contributed by atoms with Gasteiger partial charge in [-0.2, -0.15) is 0 Å². The van der Waals surface area contributed by atoms with E-state index in [0.717, 1.165) is 45.7 Å². The van der Waals surface area contributed by atoms with E-state index in [0.29, 0.717) is 6.61 Å². The van der Waals surface area contributed by atoms with Gasteiger partial charge in [0.05, 0.1) is 18.7 Å². The summed E-state index contributed by atoms with van der Waals surface area (Å²) in [5.41, 5.74) is 2.71. The van der Waals surface area contributed by atoms with E-state index in [1.165, 1.54) is 11.3 Å². The van der Waals surface area contributed by atoms with Gasteiger partial charge in [-0.05, 0) is 51.5 Å². The summed E-state index contributed by atoms with van der Waals surface area (Å²) in [5.74, 6) is 0.00823. The second-order valence-electron chi connectivity index (χ2n) is 5.42. The van der Waals surface area contributed by atoms with Crippen LogP contribution < -0.4 is 9.64 Å². The molecule has 0 aliphatic carbocycles. The number of hydrogen-bond acceptors (Lipinski definition) is 5. The molecule has 24 heavy (non-hydrogen) atoms. The molecule has 0 aliphatic rings. The summed E-state index contributed by atoms with van der Waals surface area (Å²) >= 11 is 1.46. The Labute approximate surface area is 146 Å². The molecule has 0 saturated carbocycles. The Morgan fingerprint density at radius 2 is 2.00 bits per heavy atom. The van der Waals surface area contributed by atoms with Crippen molar-refractivity contribution in [1.82, 2.24) is 4.98 Å². The molecule has 0 unspecified atom stereocenters. The predicted molar refractivity (Wildman–Crippen MR) is 98.4 cm³/mol. The van der Waals surface area contributed by atoms with Crippen LogP contribution in [0, 0.1) is 6.92 Å². The number of aromatic nitrogens is 1. The molecule has 0 saturated heterocycles. The number of rotatable bonds is 8. The van der Waals surface area contributed by atoms with Crippen LogP contribution in [0.15, 0.2) is 18.2 Å². The summed E-state index contributed by atoms with van der Waals surface area (Å²) in [6.07, 6.45) is -0.0134. The molecule has 1 heterocycles. The Hall–Kier alpha value is -2.08. The number of carboxylic acid groups (broad SMARTS) is 1. The number of ether oxygens (including phenoxy) is 1. The van der Waals surface area contributed by atoms with Gasteiger partial charge in [-0.15, -0.1) is 11.3 Å². The lowest BCUT2D eigenvalue weighted by Crippen LogP contribution is -2.21. The van der Waals surface area contributed by atoms with Crippen LogP contribution in [0.25, 0.3) is 11.3 Å². The zero-order valence-electron chi connectivity index (χ0n) is 14.6. The zero-order valence-corrected chi connectivity index (χ0v) is 15.4. The maximum Gasteiger partial charge on any atom is 0.308 e. The van der Waals surface area contributed by atoms with Crippen LogP contribution in [0.5, 0.6) is 5.75 Å². The van der Waals surface area contributed by atoms with Crippen LogP contribution >= 0.6 is 11.3 Å². The second-order valence-corrected chi connectivity index (χ2v) is 6.49. The van der Waals surface area contributed by atoms with Crippen molar-refractivity contribution in [2.75, 3.05) is 24.6 Å². The van der Waals surface area contributed by atoms with Gasteiger partial charge in [0, 0.05) is 23.5 Å². The number of nitrogens with zero attached hydrogens (tertiary/aromatic N) is 2. The van der Waals surface area contributed by atoms with Gasteiger partial charge in [-0.1, -0.05) is 0 Å². The van der Waals surface area contributed by atoms with Crippen LogP contribution in [0.2, 0.25) is 0 Å². The number of aliphatic carboxylic acids is 1. The number of hydrogen-bond donors (Lipinski definition) is 1. The summed E-state index contributed by atoms with van der Waals surface area (Å²) in [6.45, 7) is 10.4. The van der Waals surface area contributed by atoms with Crippen molar-refractivity contribution in [2.45, 2.75) is 34.1 Å². The van der Waals surface area contributed by atoms with E-state index in [1.54, 1.807) is 0 Å². The number of anilines is 1. The lowest BCUT2D eigenvalue weighted by molar-refractivity contribution is -0.136. The van der Waals surface area contributed by atoms with Crippen molar-refractivity contribution >= 4 is 22.4 Å². The molecule has 0 fully saturated rings. The molecule has 2 rings (SSSR count). The molecule has 0 atom stereocenters. The van der Waals surface area contributed by atoms with Crippen LogP contribution in [-0.2, 0) is 11.2 Å². The third-order valence-corrected chi connectivity index (χ3v) is 4.90. The molecule has 0 aliphatic heterocycles. The van der Waals surface area contributed by atoms with E-state index in [2.05, 4.69) is 18.7 Å². The van der Waals surface area contributed by atoms with E-state index in [-0.39, 0.29) is 6.42 Å². The maximum atomic E-state index is 11.2. The van der Waals surface area contributed by atoms with Gasteiger partial charge in [0.15, 0.2) is 5.13 Å². The number of aryl methyl sites for hydroxylation is 1. The van der Waals surface area contributed by atoms with Gasteiger partial charge < -0.3 is 14.7 Å². The zero-order chi connectivity index (χ0) is 17.7. The monoisotopic (exact) mass is 348 g/mol. The Morgan fingerprint density at radius 1 is 1.29 bits per heavy atom. The lowest BCUT2D eigenvalue weighted by Gasteiger charge is -2.16. The second kappa shape index (κ2) is 8.15. The van der Waals surface area contributed by atoms with Crippen molar-refractivity contribution in [1.29, 1.82) is 0 Å². The topological polar surface area (TPSA) is 62.7 Å². The van der Waals surface area contributed by atoms with Crippen LogP contribution in [-0.4, -0.2) is 35.8 Å².